The Morgan fingerprint density at radius 1 is 0.643 bits per heavy atom. The molecule has 0 aromatic rings. The van der Waals surface area contributed by atoms with Gasteiger partial charge in [0.15, 0.2) is 0 Å². The van der Waals surface area contributed by atoms with Crippen molar-refractivity contribution in [2.24, 2.45) is 0 Å². The van der Waals surface area contributed by atoms with Gasteiger partial charge >= 0.3 is 11.9 Å². The van der Waals surface area contributed by atoms with Crippen molar-refractivity contribution in [3.8, 4) is 0 Å². The van der Waals surface area contributed by atoms with Gasteiger partial charge in [-0.3, -0.25) is 14.4 Å². The maximum absolute atomic E-state index is 12.5. The minimum atomic E-state index is -1.03. The van der Waals surface area contributed by atoms with Crippen molar-refractivity contribution in [3.05, 3.63) is 36.5 Å². The van der Waals surface area contributed by atoms with Gasteiger partial charge in [-0.1, -0.05) is 108 Å². The number of amides is 1. The first-order valence-electron chi connectivity index (χ1n) is 17.1. The van der Waals surface area contributed by atoms with Crippen molar-refractivity contribution in [3.63, 3.8) is 0 Å². The van der Waals surface area contributed by atoms with Crippen molar-refractivity contribution in [2.75, 3.05) is 6.54 Å². The van der Waals surface area contributed by atoms with E-state index in [1.165, 1.54) is 70.6 Å². The summed E-state index contributed by atoms with van der Waals surface area (Å²) < 4.78 is 5.84. The van der Waals surface area contributed by atoms with Crippen LogP contribution in [0.2, 0.25) is 0 Å². The molecule has 42 heavy (non-hydrogen) atoms. The van der Waals surface area contributed by atoms with E-state index in [9.17, 15) is 14.4 Å². The Morgan fingerprint density at radius 3 is 1.83 bits per heavy atom. The number of hydrogen-bond acceptors (Lipinski definition) is 4. The molecular weight excluding hydrogens is 526 g/mol. The number of ether oxygens (including phenoxy) is 1. The molecule has 0 aliphatic rings. The molecule has 0 fully saturated rings. The zero-order valence-electron chi connectivity index (χ0n) is 27.1. The maximum Gasteiger partial charge on any atom is 0.322 e. The number of allylic oxidation sites excluding steroid dienone is 5. The third-order valence-corrected chi connectivity index (χ3v) is 7.27. The molecule has 0 aliphatic heterocycles. The highest BCUT2D eigenvalue weighted by Crippen LogP contribution is 2.14. The second-order valence-corrected chi connectivity index (χ2v) is 11.4. The number of nitrogens with one attached hydrogen (secondary N) is 1. The molecule has 2 N–H and O–H groups in total. The summed E-state index contributed by atoms with van der Waals surface area (Å²) in [5.74, 6) is -1.36. The summed E-state index contributed by atoms with van der Waals surface area (Å²) in [6.07, 6.45) is 37.0. The van der Waals surface area contributed by atoms with Crippen LogP contribution in [0.25, 0.3) is 0 Å². The van der Waals surface area contributed by atoms with Gasteiger partial charge < -0.3 is 15.2 Å². The first kappa shape index (κ1) is 39.6. The highest BCUT2D eigenvalue weighted by atomic mass is 16.5. The fourth-order valence-corrected chi connectivity index (χ4v) is 4.69. The lowest BCUT2D eigenvalue weighted by atomic mass is 10.1. The molecule has 0 rings (SSSR count). The third-order valence-electron chi connectivity index (χ3n) is 7.27. The molecule has 6 nitrogen and oxygen atoms in total. The molecule has 1 atom stereocenters. The van der Waals surface area contributed by atoms with Gasteiger partial charge in [-0.05, 0) is 76.7 Å². The summed E-state index contributed by atoms with van der Waals surface area (Å²) in [5.41, 5.74) is 0. The summed E-state index contributed by atoms with van der Waals surface area (Å²) in [5, 5.41) is 11.0. The van der Waals surface area contributed by atoms with E-state index in [0.29, 0.717) is 12.8 Å². The van der Waals surface area contributed by atoms with Crippen LogP contribution in [0.5, 0.6) is 0 Å². The minimum Gasteiger partial charge on any atom is -0.480 e. The van der Waals surface area contributed by atoms with Gasteiger partial charge in [0, 0.05) is 12.8 Å². The molecule has 0 saturated heterocycles. The number of rotatable bonds is 30. The topological polar surface area (TPSA) is 92.7 Å². The molecule has 0 radical (unpaired) electrons. The zero-order valence-corrected chi connectivity index (χ0v) is 27.1. The van der Waals surface area contributed by atoms with Gasteiger partial charge in [0.25, 0.3) is 0 Å². The van der Waals surface area contributed by atoms with Crippen LogP contribution in [0.15, 0.2) is 36.5 Å². The van der Waals surface area contributed by atoms with Crippen LogP contribution in [0.1, 0.15) is 162 Å². The van der Waals surface area contributed by atoms with E-state index in [0.717, 1.165) is 64.2 Å². The quantitative estimate of drug-likeness (QED) is 0.0494. The Kier molecular flexibility index (Phi) is 29.8. The standard InChI is InChI=1S/C36H63NO5/c1-3-5-7-9-11-13-14-15-16-17-19-21-27-31-36(41)42-33(28-24-20-18-12-10-8-6-4-2)29-25-22-23-26-30-34(38)37-32-35(39)40/h12-14,18,24,28,33H,3-11,15-17,19-23,25-27,29-32H2,1-2H3,(H,37,38)(H,39,40)/b14-13-,18-12-,28-24-. The van der Waals surface area contributed by atoms with Crippen molar-refractivity contribution < 1.29 is 24.2 Å². The molecule has 0 spiro atoms. The molecular formula is C36H63NO5. The number of esters is 1. The number of carbonyl (C=O) groups is 3. The van der Waals surface area contributed by atoms with E-state index >= 15 is 0 Å². The van der Waals surface area contributed by atoms with Crippen LogP contribution in [0.4, 0.5) is 0 Å². The van der Waals surface area contributed by atoms with Crippen LogP contribution < -0.4 is 5.32 Å². The van der Waals surface area contributed by atoms with Gasteiger partial charge in [0.2, 0.25) is 5.91 Å². The van der Waals surface area contributed by atoms with Crippen molar-refractivity contribution in [1.82, 2.24) is 5.32 Å². The number of carbonyl (C=O) groups excluding carboxylic acids is 2. The van der Waals surface area contributed by atoms with Gasteiger partial charge in [-0.15, -0.1) is 0 Å². The normalized spacial score (nSPS) is 12.4. The molecule has 1 amide bonds. The lowest BCUT2D eigenvalue weighted by molar-refractivity contribution is -0.147. The van der Waals surface area contributed by atoms with E-state index in [2.05, 4.69) is 49.5 Å². The van der Waals surface area contributed by atoms with Gasteiger partial charge in [-0.25, -0.2) is 0 Å². The summed E-state index contributed by atoms with van der Waals surface area (Å²) in [6.45, 7) is 4.13. The van der Waals surface area contributed by atoms with Gasteiger partial charge in [-0.2, -0.15) is 0 Å². The predicted molar refractivity (Wildman–Crippen MR) is 175 cm³/mol. The Hall–Kier alpha value is -2.37. The lowest BCUT2D eigenvalue weighted by Crippen LogP contribution is -2.28. The second kappa shape index (κ2) is 31.6. The highest BCUT2D eigenvalue weighted by molar-refractivity contribution is 5.80. The van der Waals surface area contributed by atoms with E-state index in [-0.39, 0.29) is 24.5 Å². The fraction of sp³-hybridized carbons (Fsp3) is 0.750. The fourth-order valence-electron chi connectivity index (χ4n) is 4.69. The SMILES string of the molecule is CCCCC/C=C\C/C=C\C(CCCCCCC(=O)NCC(=O)O)OC(=O)CCCCCCC/C=C\CCCCCC. The maximum atomic E-state index is 12.5. The monoisotopic (exact) mass is 589 g/mol. The van der Waals surface area contributed by atoms with Gasteiger partial charge in [0.05, 0.1) is 0 Å². The Bertz CT molecular complexity index is 743. The molecule has 242 valence electrons. The van der Waals surface area contributed by atoms with Gasteiger partial charge in [0.1, 0.15) is 12.6 Å². The second-order valence-electron chi connectivity index (χ2n) is 11.4. The number of hydrogen-bond donors (Lipinski definition) is 2. The molecule has 0 aliphatic carbocycles. The number of carboxylic acids is 1. The van der Waals surface area contributed by atoms with E-state index in [4.69, 9.17) is 9.84 Å². The first-order chi connectivity index (χ1) is 20.5. The van der Waals surface area contributed by atoms with E-state index in [1.807, 2.05) is 6.08 Å². The van der Waals surface area contributed by atoms with Crippen molar-refractivity contribution in [2.45, 2.75) is 168 Å². The van der Waals surface area contributed by atoms with Crippen LogP contribution in [-0.4, -0.2) is 35.6 Å². The van der Waals surface area contributed by atoms with Crippen LogP contribution in [-0.2, 0) is 19.1 Å². The smallest absolute Gasteiger partial charge is 0.322 e. The largest absolute Gasteiger partial charge is 0.480 e. The minimum absolute atomic E-state index is 0.110. The molecule has 0 heterocycles. The number of carboxylic acid groups (broad SMARTS) is 1. The van der Waals surface area contributed by atoms with Crippen LogP contribution >= 0.6 is 0 Å². The molecule has 1 unspecified atom stereocenters. The Morgan fingerprint density at radius 2 is 1.17 bits per heavy atom. The average Bonchev–Trinajstić information content (AvgIpc) is 2.97. The summed E-state index contributed by atoms with van der Waals surface area (Å²) in [7, 11) is 0. The van der Waals surface area contributed by atoms with E-state index < -0.39 is 5.97 Å². The number of unbranched alkanes of at least 4 members (excludes halogenated alkanes) is 15. The third kappa shape index (κ3) is 30.6. The van der Waals surface area contributed by atoms with E-state index in [1.54, 1.807) is 0 Å². The zero-order chi connectivity index (χ0) is 30.9. The Labute approximate surface area is 257 Å². The van der Waals surface area contributed by atoms with Crippen LogP contribution in [0, 0.1) is 0 Å². The van der Waals surface area contributed by atoms with Crippen LogP contribution in [0.3, 0.4) is 0 Å². The number of aliphatic carboxylic acids is 1. The first-order valence-corrected chi connectivity index (χ1v) is 17.1. The summed E-state index contributed by atoms with van der Waals surface area (Å²) in [4.78, 5) is 34.7. The van der Waals surface area contributed by atoms with Crippen molar-refractivity contribution in [1.29, 1.82) is 0 Å². The Balaban J connectivity index is 4.24. The lowest BCUT2D eigenvalue weighted by Gasteiger charge is -2.14. The van der Waals surface area contributed by atoms with Crippen molar-refractivity contribution >= 4 is 17.8 Å². The molecule has 0 saturated carbocycles. The molecule has 0 aromatic heterocycles. The molecule has 6 heteroatoms. The predicted octanol–water partition coefficient (Wildman–Crippen LogP) is 9.78. The average molecular weight is 590 g/mol. The summed E-state index contributed by atoms with van der Waals surface area (Å²) in [6, 6.07) is 0. The molecule has 0 aromatic carbocycles. The summed E-state index contributed by atoms with van der Waals surface area (Å²) >= 11 is 0. The molecule has 0 bridgehead atoms. The highest BCUT2D eigenvalue weighted by Gasteiger charge is 2.11.